The van der Waals surface area contributed by atoms with Gasteiger partial charge in [-0.2, -0.15) is 13.2 Å². The number of hydrogen-bond acceptors (Lipinski definition) is 5. The van der Waals surface area contributed by atoms with E-state index in [0.717, 1.165) is 17.7 Å². The second kappa shape index (κ2) is 15.3. The number of imidazole rings is 1. The zero-order chi connectivity index (χ0) is 31.3. The molecule has 1 N–H and O–H groups in total. The Kier molecular flexibility index (Phi) is 11.8. The minimum absolute atomic E-state index is 0. The molecule has 3 saturated heterocycles. The van der Waals surface area contributed by atoms with Crippen LogP contribution in [0.1, 0.15) is 35.7 Å². The van der Waals surface area contributed by atoms with Crippen molar-refractivity contribution in [2.75, 3.05) is 45.8 Å². The largest absolute Gasteiger partial charge is 0.445 e. The molecule has 2 aromatic carbocycles. The van der Waals surface area contributed by atoms with E-state index in [1.54, 1.807) is 11.1 Å². The molecule has 3 aliphatic rings. The summed E-state index contributed by atoms with van der Waals surface area (Å²) < 4.78 is 85.9. The van der Waals surface area contributed by atoms with E-state index in [1.807, 2.05) is 39.8 Å². The van der Waals surface area contributed by atoms with Gasteiger partial charge in [-0.3, -0.25) is 4.90 Å². The van der Waals surface area contributed by atoms with E-state index in [1.165, 1.54) is 6.07 Å². The molecule has 246 valence electrons. The number of nitrogens with zero attached hydrogens (tertiary/aromatic N) is 4. The Hall–Kier alpha value is -3.29. The highest BCUT2D eigenvalue weighted by molar-refractivity contribution is 5.85. The van der Waals surface area contributed by atoms with Crippen LogP contribution >= 0.6 is 12.4 Å². The predicted octanol–water partition coefficient (Wildman–Crippen LogP) is 6.23. The molecule has 45 heavy (non-hydrogen) atoms. The number of hydrogen-bond donors (Lipinski definition) is 1. The van der Waals surface area contributed by atoms with Crippen molar-refractivity contribution >= 4 is 18.5 Å². The fourth-order valence-corrected chi connectivity index (χ4v) is 5.30. The lowest BCUT2D eigenvalue weighted by Crippen LogP contribution is -2.49. The summed E-state index contributed by atoms with van der Waals surface area (Å²) in [4.78, 5) is 20.9. The first-order valence-electron chi connectivity index (χ1n) is 14.7. The van der Waals surface area contributed by atoms with E-state index in [-0.39, 0.29) is 30.5 Å². The molecule has 4 heterocycles. The number of benzene rings is 2. The number of halogens is 7. The number of carbonyl (C=O) groups is 1. The third-order valence-corrected chi connectivity index (χ3v) is 8.00. The van der Waals surface area contributed by atoms with Gasteiger partial charge in [0.1, 0.15) is 30.6 Å². The van der Waals surface area contributed by atoms with Gasteiger partial charge in [0, 0.05) is 70.0 Å². The Labute approximate surface area is 264 Å². The highest BCUT2D eigenvalue weighted by Gasteiger charge is 2.35. The molecule has 0 aliphatic carbocycles. The number of amides is 1. The average Bonchev–Trinajstić information content (AvgIpc) is 3.41. The molecule has 1 aromatic heterocycles. The van der Waals surface area contributed by atoms with Crippen LogP contribution < -0.4 is 5.32 Å². The molecule has 7 nitrogen and oxygen atoms in total. The maximum Gasteiger partial charge on any atom is 0.419 e. The fourth-order valence-electron chi connectivity index (χ4n) is 5.30. The van der Waals surface area contributed by atoms with Crippen molar-refractivity contribution in [1.82, 2.24) is 24.7 Å². The number of aromatic nitrogens is 2. The van der Waals surface area contributed by atoms with Crippen LogP contribution in [0.25, 0.3) is 11.3 Å². The van der Waals surface area contributed by atoms with Gasteiger partial charge >= 0.3 is 12.3 Å². The molecule has 0 unspecified atom stereocenters. The number of likely N-dealkylation sites (tertiary alicyclic amines) is 2. The van der Waals surface area contributed by atoms with E-state index < -0.39 is 36.0 Å². The van der Waals surface area contributed by atoms with Crippen LogP contribution in [0.3, 0.4) is 0 Å². The van der Waals surface area contributed by atoms with Gasteiger partial charge in [-0.25, -0.2) is 22.9 Å². The SMILES string of the molecule is Cl.FC1CNC1.O=C(OCc1ccccc1)N1CCC(c2nc(-c3ccc(F)c(C(F)(F)F)c3)cn2CCN2CC(F)C2)CC1. The van der Waals surface area contributed by atoms with Crippen molar-refractivity contribution in [2.24, 2.45) is 0 Å². The van der Waals surface area contributed by atoms with Gasteiger partial charge in [-0.05, 0) is 36.6 Å². The van der Waals surface area contributed by atoms with Gasteiger partial charge < -0.3 is 19.5 Å². The maximum atomic E-state index is 13.9. The molecule has 6 rings (SSSR count). The highest BCUT2D eigenvalue weighted by Crippen LogP contribution is 2.35. The molecular formula is C31H36ClF6N5O2. The summed E-state index contributed by atoms with van der Waals surface area (Å²) in [6.07, 6.45) is -3.73. The molecule has 3 aromatic rings. The van der Waals surface area contributed by atoms with Gasteiger partial charge in [0.25, 0.3) is 0 Å². The summed E-state index contributed by atoms with van der Waals surface area (Å²) >= 11 is 0. The second-order valence-corrected chi connectivity index (χ2v) is 11.3. The third kappa shape index (κ3) is 9.14. The van der Waals surface area contributed by atoms with E-state index in [0.29, 0.717) is 76.7 Å². The average molecular weight is 660 g/mol. The van der Waals surface area contributed by atoms with Gasteiger partial charge in [-0.15, -0.1) is 12.4 Å². The van der Waals surface area contributed by atoms with E-state index in [4.69, 9.17) is 4.74 Å². The molecule has 1 amide bonds. The van der Waals surface area contributed by atoms with Crippen molar-refractivity contribution in [2.45, 2.75) is 50.4 Å². The van der Waals surface area contributed by atoms with Crippen LogP contribution in [0.4, 0.5) is 31.1 Å². The quantitative estimate of drug-likeness (QED) is 0.305. The van der Waals surface area contributed by atoms with Gasteiger partial charge in [0.15, 0.2) is 0 Å². The van der Waals surface area contributed by atoms with Gasteiger partial charge in [0.05, 0.1) is 11.3 Å². The molecule has 0 bridgehead atoms. The summed E-state index contributed by atoms with van der Waals surface area (Å²) in [7, 11) is 0. The number of piperidine rings is 1. The standard InChI is InChI=1S/C28H29F5N4O2.C3H6FN.ClH/c29-22-15-35(16-22)12-13-37-17-25(21-6-7-24(30)23(14-21)28(31,32)33)34-26(37)20-8-10-36(11-9-20)27(38)39-18-19-4-2-1-3-5-19;4-3-1-5-2-3;/h1-7,14,17,20,22H,8-13,15-16,18H2;3,5H,1-2H2;1H. The van der Waals surface area contributed by atoms with Crippen molar-refractivity contribution in [3.8, 4) is 11.3 Å². The van der Waals surface area contributed by atoms with E-state index in [2.05, 4.69) is 10.3 Å². The number of alkyl halides is 5. The second-order valence-electron chi connectivity index (χ2n) is 11.3. The minimum atomic E-state index is -4.83. The Morgan fingerprint density at radius 2 is 1.64 bits per heavy atom. The van der Waals surface area contributed by atoms with Gasteiger partial charge in [0.2, 0.25) is 0 Å². The molecular weight excluding hydrogens is 624 g/mol. The van der Waals surface area contributed by atoms with Crippen molar-refractivity contribution < 1.29 is 35.9 Å². The maximum absolute atomic E-state index is 13.9. The third-order valence-electron chi connectivity index (χ3n) is 8.00. The van der Waals surface area contributed by atoms with Crippen LogP contribution in [-0.4, -0.2) is 83.6 Å². The van der Waals surface area contributed by atoms with Crippen LogP contribution in [0.15, 0.2) is 54.7 Å². The topological polar surface area (TPSA) is 62.6 Å². The predicted molar refractivity (Wildman–Crippen MR) is 159 cm³/mol. The summed E-state index contributed by atoms with van der Waals surface area (Å²) in [6, 6.07) is 12.3. The molecule has 0 radical (unpaired) electrons. The van der Waals surface area contributed by atoms with Crippen LogP contribution in [0.5, 0.6) is 0 Å². The Balaban J connectivity index is 0.000000700. The Morgan fingerprint density at radius 3 is 2.22 bits per heavy atom. The highest BCUT2D eigenvalue weighted by atomic mass is 35.5. The Bertz CT molecular complexity index is 1390. The Morgan fingerprint density at radius 1 is 0.978 bits per heavy atom. The summed E-state index contributed by atoms with van der Waals surface area (Å²) in [5.41, 5.74) is 0.0321. The molecule has 3 aliphatic heterocycles. The molecule has 0 spiro atoms. The molecule has 14 heteroatoms. The summed E-state index contributed by atoms with van der Waals surface area (Å²) in [6.45, 7) is 3.99. The van der Waals surface area contributed by atoms with Crippen LogP contribution in [-0.2, 0) is 24.1 Å². The number of ether oxygens (including phenoxy) is 1. The first kappa shape index (κ1) is 34.6. The number of carbonyl (C=O) groups excluding carboxylic acids is 1. The zero-order valence-corrected chi connectivity index (χ0v) is 25.3. The van der Waals surface area contributed by atoms with Crippen LogP contribution in [0.2, 0.25) is 0 Å². The van der Waals surface area contributed by atoms with Crippen molar-refractivity contribution in [1.29, 1.82) is 0 Å². The molecule has 3 fully saturated rings. The van der Waals surface area contributed by atoms with E-state index in [9.17, 15) is 31.1 Å². The summed E-state index contributed by atoms with van der Waals surface area (Å²) in [5, 5.41) is 2.79. The monoisotopic (exact) mass is 659 g/mol. The van der Waals surface area contributed by atoms with Gasteiger partial charge in [-0.1, -0.05) is 30.3 Å². The van der Waals surface area contributed by atoms with Crippen molar-refractivity contribution in [3.63, 3.8) is 0 Å². The lowest BCUT2D eigenvalue weighted by atomic mass is 9.96. The first-order valence-corrected chi connectivity index (χ1v) is 14.7. The van der Waals surface area contributed by atoms with E-state index >= 15 is 0 Å². The minimum Gasteiger partial charge on any atom is -0.445 e. The molecule has 0 atom stereocenters. The first-order chi connectivity index (χ1) is 21.1. The normalized spacial score (nSPS) is 17.9. The fraction of sp³-hybridized carbons (Fsp3) is 0.484. The molecule has 0 saturated carbocycles. The summed E-state index contributed by atoms with van der Waals surface area (Å²) in [5.74, 6) is -0.682. The zero-order valence-electron chi connectivity index (χ0n) is 24.5. The smallest absolute Gasteiger partial charge is 0.419 e. The lowest BCUT2D eigenvalue weighted by Gasteiger charge is -2.35. The van der Waals surface area contributed by atoms with Crippen LogP contribution in [0, 0.1) is 5.82 Å². The lowest BCUT2D eigenvalue weighted by molar-refractivity contribution is -0.139. The number of nitrogens with one attached hydrogen (secondary N) is 1. The van der Waals surface area contributed by atoms with Crippen molar-refractivity contribution in [3.05, 3.63) is 77.5 Å². The number of rotatable bonds is 7.